The van der Waals surface area contributed by atoms with Crippen molar-refractivity contribution in [2.45, 2.75) is 63.9 Å². The molecule has 1 aromatic rings. The number of fused-ring (bicyclic) bond motifs is 1. The highest BCUT2D eigenvalue weighted by atomic mass is 16.6. The summed E-state index contributed by atoms with van der Waals surface area (Å²) in [5.41, 5.74) is 3.95. The van der Waals surface area contributed by atoms with Gasteiger partial charge < -0.3 is 9.47 Å². The van der Waals surface area contributed by atoms with Gasteiger partial charge in [0.15, 0.2) is 11.5 Å². The molecule has 26 heavy (non-hydrogen) atoms. The molecule has 2 atom stereocenters. The van der Waals surface area contributed by atoms with Gasteiger partial charge in [0.05, 0.1) is 0 Å². The van der Waals surface area contributed by atoms with E-state index in [0.29, 0.717) is 17.4 Å². The van der Waals surface area contributed by atoms with Gasteiger partial charge in [-0.05, 0) is 50.2 Å². The lowest BCUT2D eigenvalue weighted by atomic mass is 9.72. The van der Waals surface area contributed by atoms with Crippen molar-refractivity contribution >= 4 is 11.6 Å². The van der Waals surface area contributed by atoms with Gasteiger partial charge in [-0.2, -0.15) is 5.10 Å². The van der Waals surface area contributed by atoms with Crippen LogP contribution < -0.4 is 14.9 Å². The summed E-state index contributed by atoms with van der Waals surface area (Å²) >= 11 is 0. The van der Waals surface area contributed by atoms with Crippen LogP contribution in [0.15, 0.2) is 29.4 Å². The minimum Gasteiger partial charge on any atom is -0.485 e. The predicted molar refractivity (Wildman–Crippen MR) is 100 cm³/mol. The Bertz CT molecular complexity index is 667. The minimum atomic E-state index is -0.647. The maximum atomic E-state index is 12.5. The normalized spacial score (nSPS) is 27.9. The molecule has 2 fully saturated rings. The number of rotatable bonds is 3. The van der Waals surface area contributed by atoms with Gasteiger partial charge in [0.1, 0.15) is 6.61 Å². The molecule has 1 aromatic carbocycles. The van der Waals surface area contributed by atoms with Gasteiger partial charge in [-0.15, -0.1) is 0 Å². The largest absolute Gasteiger partial charge is 0.485 e. The van der Waals surface area contributed by atoms with Gasteiger partial charge >= 0.3 is 0 Å². The number of carbonyl (C=O) groups excluding carboxylic acids is 1. The number of amides is 1. The maximum absolute atomic E-state index is 12.5. The van der Waals surface area contributed by atoms with Crippen LogP contribution in [0.2, 0.25) is 0 Å². The highest BCUT2D eigenvalue weighted by molar-refractivity contribution is 5.90. The number of para-hydroxylation sites is 2. The number of benzene rings is 1. The molecule has 2 aliphatic carbocycles. The molecule has 1 amide bonds. The quantitative estimate of drug-likeness (QED) is 0.831. The molecule has 2 unspecified atom stereocenters. The van der Waals surface area contributed by atoms with Crippen molar-refractivity contribution in [3.05, 3.63) is 24.3 Å². The van der Waals surface area contributed by atoms with Gasteiger partial charge in [0.25, 0.3) is 5.91 Å². The molecule has 1 heterocycles. The van der Waals surface area contributed by atoms with Crippen molar-refractivity contribution in [3.63, 3.8) is 0 Å². The Morgan fingerprint density at radius 1 is 1.00 bits per heavy atom. The summed E-state index contributed by atoms with van der Waals surface area (Å²) in [7, 11) is 0. The molecule has 0 saturated heterocycles. The smallest absolute Gasteiger partial charge is 0.284 e. The zero-order chi connectivity index (χ0) is 17.8. The molecule has 3 aliphatic rings. The fourth-order valence-corrected chi connectivity index (χ4v) is 4.55. The second-order valence-corrected chi connectivity index (χ2v) is 7.69. The SMILES string of the molecule is O=C(N/N=C1\CCCCC1C1CCCCC1)C1COc2ccccc2O1. The van der Waals surface area contributed by atoms with E-state index in [4.69, 9.17) is 9.47 Å². The Kier molecular flexibility index (Phi) is 5.42. The van der Waals surface area contributed by atoms with Gasteiger partial charge in [-0.1, -0.05) is 37.8 Å². The fraction of sp³-hybridized carbons (Fsp3) is 0.619. The van der Waals surface area contributed by atoms with Crippen molar-refractivity contribution in [2.24, 2.45) is 16.9 Å². The predicted octanol–water partition coefficient (Wildman–Crippen LogP) is 4.07. The Morgan fingerprint density at radius 2 is 1.77 bits per heavy atom. The van der Waals surface area contributed by atoms with Gasteiger partial charge in [0.2, 0.25) is 6.10 Å². The van der Waals surface area contributed by atoms with Crippen molar-refractivity contribution in [3.8, 4) is 11.5 Å². The third kappa shape index (κ3) is 3.87. The Morgan fingerprint density at radius 3 is 2.62 bits per heavy atom. The average Bonchev–Trinajstić information content (AvgIpc) is 2.72. The topological polar surface area (TPSA) is 59.9 Å². The van der Waals surface area contributed by atoms with Gasteiger partial charge in [0, 0.05) is 11.6 Å². The first-order valence-electron chi connectivity index (χ1n) is 10.1. The molecule has 1 aliphatic heterocycles. The first-order chi connectivity index (χ1) is 12.8. The second kappa shape index (κ2) is 8.11. The zero-order valence-corrected chi connectivity index (χ0v) is 15.3. The van der Waals surface area contributed by atoms with E-state index in [9.17, 15) is 4.79 Å². The fourth-order valence-electron chi connectivity index (χ4n) is 4.55. The molecule has 0 radical (unpaired) electrons. The van der Waals surface area contributed by atoms with Crippen molar-refractivity contribution in [1.82, 2.24) is 5.43 Å². The summed E-state index contributed by atoms with van der Waals surface area (Å²) in [4.78, 5) is 12.5. The minimum absolute atomic E-state index is 0.222. The summed E-state index contributed by atoms with van der Waals surface area (Å²) in [5, 5.41) is 4.55. The van der Waals surface area contributed by atoms with Crippen molar-refractivity contribution in [2.75, 3.05) is 6.61 Å². The van der Waals surface area contributed by atoms with Crippen LogP contribution in [0.4, 0.5) is 0 Å². The first-order valence-corrected chi connectivity index (χ1v) is 10.1. The number of hydrazone groups is 1. The molecule has 0 bridgehead atoms. The number of carbonyl (C=O) groups is 1. The Balaban J connectivity index is 1.39. The van der Waals surface area contributed by atoms with E-state index in [-0.39, 0.29) is 12.5 Å². The molecule has 140 valence electrons. The highest BCUT2D eigenvalue weighted by Crippen LogP contribution is 2.37. The number of nitrogens with one attached hydrogen (secondary N) is 1. The van der Waals surface area contributed by atoms with Gasteiger partial charge in [-0.3, -0.25) is 4.79 Å². The Labute approximate surface area is 155 Å². The van der Waals surface area contributed by atoms with Crippen LogP contribution in [0.3, 0.4) is 0 Å². The molecule has 2 saturated carbocycles. The van der Waals surface area contributed by atoms with Crippen LogP contribution in [0.25, 0.3) is 0 Å². The summed E-state index contributed by atoms with van der Waals surface area (Å²) in [6.45, 7) is 0.222. The van der Waals surface area contributed by atoms with E-state index in [2.05, 4.69) is 10.5 Å². The van der Waals surface area contributed by atoms with Crippen LogP contribution in [-0.4, -0.2) is 24.3 Å². The maximum Gasteiger partial charge on any atom is 0.284 e. The van der Waals surface area contributed by atoms with Crippen LogP contribution in [-0.2, 0) is 4.79 Å². The van der Waals surface area contributed by atoms with Crippen LogP contribution in [0.5, 0.6) is 11.5 Å². The molecule has 1 N–H and O–H groups in total. The lowest BCUT2D eigenvalue weighted by molar-refractivity contribution is -0.130. The molecule has 4 rings (SSSR count). The molecule has 0 aromatic heterocycles. The van der Waals surface area contributed by atoms with E-state index in [0.717, 1.165) is 12.3 Å². The number of nitrogens with zero attached hydrogens (tertiary/aromatic N) is 1. The summed E-state index contributed by atoms with van der Waals surface area (Å²) < 4.78 is 11.4. The second-order valence-electron chi connectivity index (χ2n) is 7.69. The van der Waals surface area contributed by atoms with E-state index in [1.165, 1.54) is 57.1 Å². The Hall–Kier alpha value is -2.04. The lowest BCUT2D eigenvalue weighted by Crippen LogP contribution is -2.43. The average molecular weight is 356 g/mol. The van der Waals surface area contributed by atoms with Crippen molar-refractivity contribution in [1.29, 1.82) is 0 Å². The van der Waals surface area contributed by atoms with E-state index < -0.39 is 6.10 Å². The number of hydrogen-bond acceptors (Lipinski definition) is 4. The van der Waals surface area contributed by atoms with E-state index >= 15 is 0 Å². The summed E-state index contributed by atoms with van der Waals surface area (Å²) in [5.74, 6) is 2.38. The standard InChI is InChI=1S/C21H28N2O3/c24-21(20-14-25-18-12-6-7-13-19(18)26-20)23-22-17-11-5-4-10-16(17)15-8-2-1-3-9-15/h6-7,12-13,15-16,20H,1-5,8-11,14H2,(H,23,24)/b22-17+. The first kappa shape index (κ1) is 17.4. The third-order valence-corrected chi connectivity index (χ3v) is 5.96. The molecule has 5 heteroatoms. The number of ether oxygens (including phenoxy) is 2. The monoisotopic (exact) mass is 356 g/mol. The molecule has 5 nitrogen and oxygen atoms in total. The highest BCUT2D eigenvalue weighted by Gasteiger charge is 2.31. The summed E-state index contributed by atoms with van der Waals surface area (Å²) in [6, 6.07) is 7.43. The van der Waals surface area contributed by atoms with Crippen LogP contribution in [0, 0.1) is 11.8 Å². The van der Waals surface area contributed by atoms with Crippen LogP contribution in [0.1, 0.15) is 57.8 Å². The molecular formula is C21H28N2O3. The zero-order valence-electron chi connectivity index (χ0n) is 15.3. The van der Waals surface area contributed by atoms with Gasteiger partial charge in [-0.25, -0.2) is 5.43 Å². The summed E-state index contributed by atoms with van der Waals surface area (Å²) in [6.07, 6.45) is 10.7. The van der Waals surface area contributed by atoms with E-state index in [1.54, 1.807) is 0 Å². The third-order valence-electron chi connectivity index (χ3n) is 5.96. The molecular weight excluding hydrogens is 328 g/mol. The van der Waals surface area contributed by atoms with Crippen molar-refractivity contribution < 1.29 is 14.3 Å². The molecule has 0 spiro atoms. The lowest BCUT2D eigenvalue weighted by Gasteiger charge is -2.34. The van der Waals surface area contributed by atoms with E-state index in [1.807, 2.05) is 24.3 Å². The number of hydrogen-bond donors (Lipinski definition) is 1. The van der Waals surface area contributed by atoms with Crippen LogP contribution >= 0.6 is 0 Å².